The first-order valence-electron chi connectivity index (χ1n) is 23.1. The van der Waals surface area contributed by atoms with Gasteiger partial charge in [-0.05, 0) is 114 Å². The highest BCUT2D eigenvalue weighted by atomic mass is 16.3. The molecular formula is C65H43NO. The Hall–Kier alpha value is -8.72. The van der Waals surface area contributed by atoms with E-state index < -0.39 is 5.41 Å². The molecule has 0 spiro atoms. The minimum Gasteiger partial charge on any atom is -0.456 e. The number of benzene rings is 11. The fraction of sp³-hybridized carbons (Fsp3) is 0.0154. The molecule has 2 heteroatoms. The monoisotopic (exact) mass is 853 g/mol. The van der Waals surface area contributed by atoms with E-state index in [1.807, 2.05) is 12.1 Å². The lowest BCUT2D eigenvalue weighted by atomic mass is 9.68. The maximum absolute atomic E-state index is 6.33. The third-order valence-corrected chi connectivity index (χ3v) is 14.0. The van der Waals surface area contributed by atoms with Gasteiger partial charge in [-0.1, -0.05) is 218 Å². The lowest BCUT2D eigenvalue weighted by Crippen LogP contribution is -2.28. The molecule has 1 aromatic heterocycles. The molecule has 11 aromatic carbocycles. The molecule has 0 unspecified atom stereocenters. The van der Waals surface area contributed by atoms with Gasteiger partial charge < -0.3 is 9.32 Å². The minimum absolute atomic E-state index is 0.525. The summed E-state index contributed by atoms with van der Waals surface area (Å²) >= 11 is 0. The lowest BCUT2D eigenvalue weighted by Gasteiger charge is -2.34. The standard InChI is InChI=1S/C65H43NO/c1-4-18-44(19-5-1)51-42-43-52(55-25-11-10-24-54(51)55)45-34-38-49(39-35-45)66(50-40-36-46(37-41-50)53-28-16-33-62-63(53)57-27-13-15-32-61(57)67-62)60-31-17-30-59-64(60)56-26-12-14-29-58(56)65(59,47-20-6-2-7-21-47)48-22-8-3-9-23-48/h1-43H. The Balaban J connectivity index is 1.01. The van der Waals surface area contributed by atoms with Crippen LogP contribution in [0.25, 0.3) is 77.2 Å². The molecule has 314 valence electrons. The predicted octanol–water partition coefficient (Wildman–Crippen LogP) is 17.6. The number of furan rings is 1. The van der Waals surface area contributed by atoms with Crippen molar-refractivity contribution in [3.63, 3.8) is 0 Å². The van der Waals surface area contributed by atoms with Crippen molar-refractivity contribution in [2.75, 3.05) is 4.90 Å². The van der Waals surface area contributed by atoms with Crippen LogP contribution in [0.15, 0.2) is 265 Å². The first-order chi connectivity index (χ1) is 33.3. The molecule has 0 bridgehead atoms. The van der Waals surface area contributed by atoms with Gasteiger partial charge in [0.05, 0.1) is 11.1 Å². The van der Waals surface area contributed by atoms with Gasteiger partial charge >= 0.3 is 0 Å². The number of hydrogen-bond donors (Lipinski definition) is 0. The van der Waals surface area contributed by atoms with E-state index in [-0.39, 0.29) is 0 Å². The molecule has 0 saturated heterocycles. The van der Waals surface area contributed by atoms with Gasteiger partial charge in [-0.25, -0.2) is 0 Å². The third kappa shape index (κ3) is 6.11. The fourth-order valence-corrected chi connectivity index (χ4v) is 11.1. The molecule has 1 aliphatic rings. The lowest BCUT2D eigenvalue weighted by molar-refractivity contribution is 0.669. The number of rotatable bonds is 8. The zero-order valence-corrected chi connectivity index (χ0v) is 36.7. The van der Waals surface area contributed by atoms with E-state index in [0.29, 0.717) is 0 Å². The Morgan fingerprint density at radius 1 is 0.299 bits per heavy atom. The first kappa shape index (κ1) is 38.7. The molecular weight excluding hydrogens is 811 g/mol. The van der Waals surface area contributed by atoms with Gasteiger partial charge in [-0.3, -0.25) is 0 Å². The van der Waals surface area contributed by atoms with Crippen LogP contribution in [0.4, 0.5) is 17.1 Å². The van der Waals surface area contributed by atoms with Crippen molar-refractivity contribution in [1.82, 2.24) is 0 Å². The van der Waals surface area contributed by atoms with Crippen LogP contribution in [0.1, 0.15) is 22.3 Å². The predicted molar refractivity (Wildman–Crippen MR) is 280 cm³/mol. The Morgan fingerprint density at radius 2 is 0.761 bits per heavy atom. The zero-order valence-electron chi connectivity index (χ0n) is 36.7. The molecule has 0 amide bonds. The fourth-order valence-electron chi connectivity index (χ4n) is 11.1. The molecule has 0 atom stereocenters. The molecule has 1 aliphatic carbocycles. The van der Waals surface area contributed by atoms with Gasteiger partial charge in [0.1, 0.15) is 11.2 Å². The second-order valence-electron chi connectivity index (χ2n) is 17.5. The van der Waals surface area contributed by atoms with E-state index in [1.54, 1.807) is 0 Å². The van der Waals surface area contributed by atoms with Gasteiger partial charge in [0.2, 0.25) is 0 Å². The molecule has 13 rings (SSSR count). The topological polar surface area (TPSA) is 16.4 Å². The van der Waals surface area contributed by atoms with E-state index in [9.17, 15) is 0 Å². The van der Waals surface area contributed by atoms with Crippen LogP contribution < -0.4 is 4.90 Å². The molecule has 0 aliphatic heterocycles. The second kappa shape index (κ2) is 15.8. The first-order valence-corrected chi connectivity index (χ1v) is 23.1. The Bertz CT molecular complexity index is 3740. The van der Waals surface area contributed by atoms with Crippen LogP contribution in [0, 0.1) is 0 Å². The Labute approximate surface area is 390 Å². The Kier molecular flexibility index (Phi) is 9.11. The number of nitrogens with zero attached hydrogens (tertiary/aromatic N) is 1. The van der Waals surface area contributed by atoms with Gasteiger partial charge in [0.15, 0.2) is 0 Å². The third-order valence-electron chi connectivity index (χ3n) is 14.0. The van der Waals surface area contributed by atoms with E-state index in [4.69, 9.17) is 4.42 Å². The summed E-state index contributed by atoms with van der Waals surface area (Å²) in [5, 5.41) is 4.74. The summed E-state index contributed by atoms with van der Waals surface area (Å²) in [4.78, 5) is 2.46. The summed E-state index contributed by atoms with van der Waals surface area (Å²) in [6.45, 7) is 0. The van der Waals surface area contributed by atoms with Gasteiger partial charge in [-0.15, -0.1) is 0 Å². The van der Waals surface area contributed by atoms with E-state index in [0.717, 1.165) is 50.1 Å². The molecule has 0 saturated carbocycles. The summed E-state index contributed by atoms with van der Waals surface area (Å²) in [7, 11) is 0. The zero-order chi connectivity index (χ0) is 44.3. The number of hydrogen-bond acceptors (Lipinski definition) is 2. The smallest absolute Gasteiger partial charge is 0.136 e. The average molecular weight is 854 g/mol. The largest absolute Gasteiger partial charge is 0.456 e. The molecule has 0 N–H and O–H groups in total. The summed E-state index contributed by atoms with van der Waals surface area (Å²) in [6, 6.07) is 95.0. The molecule has 2 nitrogen and oxygen atoms in total. The highest BCUT2D eigenvalue weighted by molar-refractivity contribution is 6.12. The highest BCUT2D eigenvalue weighted by Crippen LogP contribution is 2.59. The highest BCUT2D eigenvalue weighted by Gasteiger charge is 2.47. The SMILES string of the molecule is c1ccc(-c2ccc(-c3ccc(N(c4ccc(-c5cccc6oc7ccccc7c56)cc4)c4cccc5c4-c4ccccc4C5(c4ccccc4)c4ccccc4)cc3)c3ccccc23)cc1. The van der Waals surface area contributed by atoms with E-state index >= 15 is 0 Å². The molecule has 67 heavy (non-hydrogen) atoms. The molecule has 12 aromatic rings. The van der Waals surface area contributed by atoms with Crippen molar-refractivity contribution >= 4 is 49.8 Å². The van der Waals surface area contributed by atoms with Crippen LogP contribution >= 0.6 is 0 Å². The number of anilines is 3. The number of para-hydroxylation sites is 1. The van der Waals surface area contributed by atoms with Gasteiger partial charge in [-0.2, -0.15) is 0 Å². The minimum atomic E-state index is -0.525. The maximum Gasteiger partial charge on any atom is 0.136 e. The van der Waals surface area contributed by atoms with Gasteiger partial charge in [0, 0.05) is 27.7 Å². The van der Waals surface area contributed by atoms with Crippen molar-refractivity contribution in [2.45, 2.75) is 5.41 Å². The van der Waals surface area contributed by atoms with Crippen molar-refractivity contribution in [1.29, 1.82) is 0 Å². The van der Waals surface area contributed by atoms with Crippen molar-refractivity contribution < 1.29 is 4.42 Å². The van der Waals surface area contributed by atoms with Crippen LogP contribution in [-0.2, 0) is 5.41 Å². The summed E-state index contributed by atoms with van der Waals surface area (Å²) in [5.74, 6) is 0. The second-order valence-corrected chi connectivity index (χ2v) is 17.5. The molecule has 1 heterocycles. The summed E-state index contributed by atoms with van der Waals surface area (Å²) in [6.07, 6.45) is 0. The summed E-state index contributed by atoms with van der Waals surface area (Å²) in [5.41, 5.74) is 19.2. The van der Waals surface area contributed by atoms with Crippen LogP contribution in [0.3, 0.4) is 0 Å². The van der Waals surface area contributed by atoms with Gasteiger partial charge in [0.25, 0.3) is 0 Å². The number of fused-ring (bicyclic) bond motifs is 7. The maximum atomic E-state index is 6.33. The van der Waals surface area contributed by atoms with E-state index in [1.165, 1.54) is 66.4 Å². The van der Waals surface area contributed by atoms with Crippen LogP contribution in [-0.4, -0.2) is 0 Å². The quantitative estimate of drug-likeness (QED) is 0.151. The van der Waals surface area contributed by atoms with E-state index in [2.05, 4.69) is 254 Å². The normalized spacial score (nSPS) is 12.6. The van der Waals surface area contributed by atoms with Crippen molar-refractivity contribution in [3.05, 3.63) is 283 Å². The summed E-state index contributed by atoms with van der Waals surface area (Å²) < 4.78 is 6.33. The molecule has 0 radical (unpaired) electrons. The van der Waals surface area contributed by atoms with Crippen LogP contribution in [0.5, 0.6) is 0 Å². The van der Waals surface area contributed by atoms with Crippen LogP contribution in [0.2, 0.25) is 0 Å². The Morgan fingerprint density at radius 3 is 1.40 bits per heavy atom. The van der Waals surface area contributed by atoms with Crippen molar-refractivity contribution in [2.24, 2.45) is 0 Å². The van der Waals surface area contributed by atoms with Crippen molar-refractivity contribution in [3.8, 4) is 44.5 Å². The average Bonchev–Trinajstić information content (AvgIpc) is 3.94. The molecule has 0 fully saturated rings.